The molecule has 9 heteroatoms. The van der Waals surface area contributed by atoms with E-state index in [1.807, 2.05) is 0 Å². The van der Waals surface area contributed by atoms with Crippen LogP contribution < -0.4 is 0 Å². The Morgan fingerprint density at radius 1 is 1.09 bits per heavy atom. The fourth-order valence-corrected chi connectivity index (χ4v) is 4.66. The van der Waals surface area contributed by atoms with E-state index in [-0.39, 0.29) is 9.79 Å². The minimum Gasteiger partial charge on any atom is -0.379 e. The third kappa shape index (κ3) is 3.69. The van der Waals surface area contributed by atoms with Crippen LogP contribution in [0.3, 0.4) is 0 Å². The molecule has 1 fully saturated rings. The Labute approximate surface area is 134 Å². The highest BCUT2D eigenvalue weighted by atomic mass is 35.7. The van der Waals surface area contributed by atoms with Crippen LogP contribution in [0, 0.1) is 0 Å². The van der Waals surface area contributed by atoms with Gasteiger partial charge in [-0.05, 0) is 24.3 Å². The van der Waals surface area contributed by atoms with Crippen LogP contribution in [0.15, 0.2) is 46.7 Å². The summed E-state index contributed by atoms with van der Waals surface area (Å²) in [6, 6.07) is 4.83. The lowest BCUT2D eigenvalue weighted by atomic mass is 10.4. The van der Waals surface area contributed by atoms with Crippen LogP contribution in [-0.2, 0) is 23.6 Å². The quantitative estimate of drug-likeness (QED) is 0.576. The lowest BCUT2D eigenvalue weighted by Gasteiger charge is -2.32. The summed E-state index contributed by atoms with van der Waals surface area (Å²) in [7, 11) is -2.36. The first-order valence-electron chi connectivity index (χ1n) is 6.50. The Morgan fingerprint density at radius 3 is 2.05 bits per heavy atom. The Balaban J connectivity index is 2.33. The van der Waals surface area contributed by atoms with Crippen molar-refractivity contribution in [3.8, 4) is 0 Å². The monoisotopic (exact) mass is 365 g/mol. The van der Waals surface area contributed by atoms with E-state index in [4.69, 9.17) is 15.4 Å². The van der Waals surface area contributed by atoms with E-state index >= 15 is 0 Å². The number of benzene rings is 1. The zero-order chi connectivity index (χ0) is 16.4. The topological polar surface area (TPSA) is 80.8 Å². The molecule has 1 aromatic carbocycles. The molecular formula is C13H16ClNO5S2. The summed E-state index contributed by atoms with van der Waals surface area (Å²) in [5, 5.41) is -0.880. The molecule has 1 aliphatic rings. The van der Waals surface area contributed by atoms with Gasteiger partial charge in [-0.1, -0.05) is 6.08 Å². The van der Waals surface area contributed by atoms with E-state index in [9.17, 15) is 16.8 Å². The predicted molar refractivity (Wildman–Crippen MR) is 83.0 cm³/mol. The van der Waals surface area contributed by atoms with Gasteiger partial charge in [-0.2, -0.15) is 0 Å². The highest BCUT2D eigenvalue weighted by Gasteiger charge is 2.31. The normalized spacial score (nSPS) is 18.8. The number of rotatable bonds is 5. The molecule has 1 heterocycles. The maximum absolute atomic E-state index is 12.7. The standard InChI is InChI=1S/C13H16ClNO5S2/c1-2-13(15-7-9-20-10-8-15)21(16,17)11-3-5-12(6-4-11)22(14,18)19/h2-6,13H,1,7-10H2. The van der Waals surface area contributed by atoms with Crippen molar-refractivity contribution in [3.63, 3.8) is 0 Å². The van der Waals surface area contributed by atoms with Crippen molar-refractivity contribution in [2.45, 2.75) is 15.2 Å². The summed E-state index contributed by atoms with van der Waals surface area (Å²) in [6.07, 6.45) is 1.37. The molecule has 122 valence electrons. The Kier molecular flexibility index (Phi) is 5.29. The SMILES string of the molecule is C=CC(N1CCOCC1)S(=O)(=O)c1ccc(S(=O)(=O)Cl)cc1. The average molecular weight is 366 g/mol. The molecule has 0 aromatic heterocycles. The van der Waals surface area contributed by atoms with Crippen molar-refractivity contribution in [2.24, 2.45) is 0 Å². The predicted octanol–water partition coefficient (Wildman–Crippen LogP) is 1.23. The second-order valence-electron chi connectivity index (χ2n) is 4.73. The van der Waals surface area contributed by atoms with Gasteiger partial charge in [-0.25, -0.2) is 16.8 Å². The molecule has 0 aliphatic carbocycles. The molecule has 0 radical (unpaired) electrons. The van der Waals surface area contributed by atoms with Crippen molar-refractivity contribution >= 4 is 29.6 Å². The second kappa shape index (κ2) is 6.67. The summed E-state index contributed by atoms with van der Waals surface area (Å²) in [4.78, 5) is 1.64. The minimum absolute atomic E-state index is 0.0213. The van der Waals surface area contributed by atoms with Crippen LogP contribution in [0.1, 0.15) is 0 Å². The van der Waals surface area contributed by atoms with Crippen LogP contribution >= 0.6 is 10.7 Å². The molecule has 2 rings (SSSR count). The maximum atomic E-state index is 12.7. The van der Waals surface area contributed by atoms with Crippen LogP contribution in [-0.4, -0.2) is 53.4 Å². The van der Waals surface area contributed by atoms with Crippen molar-refractivity contribution in [2.75, 3.05) is 26.3 Å². The van der Waals surface area contributed by atoms with E-state index in [0.29, 0.717) is 26.3 Å². The molecule has 0 N–H and O–H groups in total. The Hall–Kier alpha value is -0.930. The van der Waals surface area contributed by atoms with E-state index in [1.165, 1.54) is 30.3 Å². The van der Waals surface area contributed by atoms with Gasteiger partial charge in [0.25, 0.3) is 9.05 Å². The molecule has 1 saturated heterocycles. The van der Waals surface area contributed by atoms with Gasteiger partial charge >= 0.3 is 0 Å². The largest absolute Gasteiger partial charge is 0.379 e. The van der Waals surface area contributed by atoms with Gasteiger partial charge in [0.2, 0.25) is 0 Å². The van der Waals surface area contributed by atoms with Gasteiger partial charge in [0, 0.05) is 23.8 Å². The fourth-order valence-electron chi connectivity index (χ4n) is 2.24. The lowest BCUT2D eigenvalue weighted by Crippen LogP contribution is -2.46. The zero-order valence-corrected chi connectivity index (χ0v) is 14.1. The Morgan fingerprint density at radius 2 is 1.59 bits per heavy atom. The number of nitrogens with zero attached hydrogens (tertiary/aromatic N) is 1. The average Bonchev–Trinajstić information content (AvgIpc) is 2.48. The van der Waals surface area contributed by atoms with E-state index in [0.717, 1.165) is 0 Å². The summed E-state index contributed by atoms with van der Waals surface area (Å²) >= 11 is 0. The molecule has 1 atom stereocenters. The number of sulfone groups is 1. The molecule has 0 spiro atoms. The fraction of sp³-hybridized carbons (Fsp3) is 0.385. The summed E-state index contributed by atoms with van der Waals surface area (Å²) in [6.45, 7) is 5.51. The number of hydrogen-bond donors (Lipinski definition) is 0. The van der Waals surface area contributed by atoms with Crippen LogP contribution in [0.4, 0.5) is 0 Å². The minimum atomic E-state index is -3.88. The van der Waals surface area contributed by atoms with E-state index in [2.05, 4.69) is 6.58 Å². The molecule has 0 amide bonds. The molecule has 6 nitrogen and oxygen atoms in total. The lowest BCUT2D eigenvalue weighted by molar-refractivity contribution is 0.0374. The van der Waals surface area contributed by atoms with Gasteiger partial charge in [0.1, 0.15) is 5.37 Å². The van der Waals surface area contributed by atoms with Gasteiger partial charge < -0.3 is 4.74 Å². The van der Waals surface area contributed by atoms with Crippen LogP contribution in [0.2, 0.25) is 0 Å². The van der Waals surface area contributed by atoms with Crippen molar-refractivity contribution < 1.29 is 21.6 Å². The number of morpholine rings is 1. The maximum Gasteiger partial charge on any atom is 0.261 e. The molecule has 0 bridgehead atoms. The number of ether oxygens (including phenoxy) is 1. The third-order valence-electron chi connectivity index (χ3n) is 3.36. The van der Waals surface area contributed by atoms with Crippen LogP contribution in [0.5, 0.6) is 0 Å². The van der Waals surface area contributed by atoms with Gasteiger partial charge in [0.05, 0.1) is 23.0 Å². The number of hydrogen-bond acceptors (Lipinski definition) is 6. The second-order valence-corrected chi connectivity index (χ2v) is 9.34. The zero-order valence-electron chi connectivity index (χ0n) is 11.7. The highest BCUT2D eigenvalue weighted by Crippen LogP contribution is 2.23. The van der Waals surface area contributed by atoms with E-state index < -0.39 is 24.3 Å². The van der Waals surface area contributed by atoms with E-state index in [1.54, 1.807) is 4.90 Å². The molecule has 0 saturated carbocycles. The third-order valence-corrected chi connectivity index (χ3v) is 6.78. The summed E-state index contributed by atoms with van der Waals surface area (Å²) in [5.74, 6) is 0. The summed E-state index contributed by atoms with van der Waals surface area (Å²) < 4.78 is 53.0. The van der Waals surface area contributed by atoms with Crippen molar-refractivity contribution in [1.82, 2.24) is 4.90 Å². The van der Waals surface area contributed by atoms with Crippen LogP contribution in [0.25, 0.3) is 0 Å². The Bertz CT molecular complexity index is 737. The first-order valence-corrected chi connectivity index (χ1v) is 10.4. The smallest absolute Gasteiger partial charge is 0.261 e. The van der Waals surface area contributed by atoms with Crippen molar-refractivity contribution in [1.29, 1.82) is 0 Å². The first-order chi connectivity index (χ1) is 10.3. The molecule has 1 aromatic rings. The molecule has 22 heavy (non-hydrogen) atoms. The first kappa shape index (κ1) is 17.4. The highest BCUT2D eigenvalue weighted by molar-refractivity contribution is 8.13. The molecule has 1 aliphatic heterocycles. The summed E-state index contributed by atoms with van der Waals surface area (Å²) in [5.41, 5.74) is 0. The van der Waals surface area contributed by atoms with Crippen molar-refractivity contribution in [3.05, 3.63) is 36.9 Å². The number of halogens is 1. The molecular weight excluding hydrogens is 350 g/mol. The van der Waals surface area contributed by atoms with Gasteiger partial charge in [-0.15, -0.1) is 6.58 Å². The molecule has 1 unspecified atom stereocenters. The van der Waals surface area contributed by atoms with Gasteiger partial charge in [-0.3, -0.25) is 4.90 Å². The van der Waals surface area contributed by atoms with Gasteiger partial charge in [0.15, 0.2) is 9.84 Å².